The lowest BCUT2D eigenvalue weighted by molar-refractivity contribution is -0.392. The Morgan fingerprint density at radius 2 is 0.612 bits per heavy atom. The van der Waals surface area contributed by atoms with Crippen molar-refractivity contribution < 1.29 is 196 Å². The maximum Gasteiger partial charge on any atom is 0.297 e. The van der Waals surface area contributed by atoms with Crippen molar-refractivity contribution in [1.82, 2.24) is 0 Å². The van der Waals surface area contributed by atoms with Crippen molar-refractivity contribution in [3.8, 4) is 0 Å². The monoisotopic (exact) mass is 1450 g/mol. The normalized spacial score (nSPS) is 51.1. The molecule has 564 valence electrons. The number of aliphatic hydroxyl groups excluding tert-OH is 23. The first kappa shape index (κ1) is 78.2. The zero-order chi connectivity index (χ0) is 71.3. The minimum absolute atomic E-state index is 0.471. The van der Waals surface area contributed by atoms with Gasteiger partial charge in [0.05, 0.1) is 81.7 Å². The first-order valence-electron chi connectivity index (χ1n) is 31.8. The quantitative estimate of drug-likeness (QED) is 0.0915. The van der Waals surface area contributed by atoms with Gasteiger partial charge in [0.25, 0.3) is 10.1 Å². The van der Waals surface area contributed by atoms with Gasteiger partial charge in [-0.3, -0.25) is 4.18 Å². The molecular formula is C57H90O40S. The Balaban J connectivity index is 0.950. The highest BCUT2D eigenvalue weighted by atomic mass is 32.2. The molecule has 0 amide bonds. The summed E-state index contributed by atoms with van der Waals surface area (Å²) in [5.74, 6) is -2.76. The Kier molecular flexibility index (Phi) is 26.3. The highest BCUT2D eigenvalue weighted by molar-refractivity contribution is 7.86. The van der Waals surface area contributed by atoms with E-state index in [9.17, 15) is 126 Å². The highest BCUT2D eigenvalue weighted by Gasteiger charge is 2.61. The zero-order valence-corrected chi connectivity index (χ0v) is 52.9. The molecule has 16 bridgehead atoms. The lowest BCUT2D eigenvalue weighted by Gasteiger charge is -2.51. The largest absolute Gasteiger partial charge is 0.396 e. The van der Waals surface area contributed by atoms with Gasteiger partial charge in [0, 0.05) is 18.4 Å². The van der Waals surface area contributed by atoms with E-state index in [1.807, 2.05) is 0 Å². The van der Waals surface area contributed by atoms with E-state index in [1.54, 1.807) is 6.92 Å². The average Bonchev–Trinajstić information content (AvgIpc) is 0.771. The number of hydrogen-bond donors (Lipinski definition) is 23. The third-order valence-electron chi connectivity index (χ3n) is 19.5. The zero-order valence-electron chi connectivity index (χ0n) is 52.1. The summed E-state index contributed by atoms with van der Waals surface area (Å²) >= 11 is 0. The van der Waals surface area contributed by atoms with E-state index < -0.39 is 326 Å². The molecule has 98 heavy (non-hydrogen) atoms. The molecule has 0 aromatic heterocycles. The Labute approximate surface area is 557 Å². The van der Waals surface area contributed by atoms with Gasteiger partial charge < -0.3 is 184 Å². The van der Waals surface area contributed by atoms with Crippen LogP contribution in [-0.4, -0.2) is 412 Å². The van der Waals surface area contributed by atoms with Crippen LogP contribution in [0.3, 0.4) is 0 Å². The van der Waals surface area contributed by atoms with E-state index in [2.05, 4.69) is 0 Å². The fourth-order valence-electron chi connectivity index (χ4n) is 13.9. The molecule has 23 N–H and O–H groups in total. The number of benzene rings is 1. The van der Waals surface area contributed by atoms with Crippen LogP contribution in [0.15, 0.2) is 29.2 Å². The summed E-state index contributed by atoms with van der Waals surface area (Å²) in [6, 6.07) is 5.02. The van der Waals surface area contributed by atoms with Crippen molar-refractivity contribution in [2.45, 2.75) is 258 Å². The summed E-state index contributed by atoms with van der Waals surface area (Å²) in [4.78, 5) is -0.509. The van der Waals surface area contributed by atoms with Gasteiger partial charge in [-0.05, 0) is 31.9 Å². The molecule has 1 aromatic rings. The van der Waals surface area contributed by atoms with Gasteiger partial charge in [0.15, 0.2) is 43.8 Å². The van der Waals surface area contributed by atoms with Crippen LogP contribution in [0, 0.1) is 18.8 Å². The van der Waals surface area contributed by atoms with Crippen LogP contribution in [0.25, 0.3) is 0 Å². The summed E-state index contributed by atoms with van der Waals surface area (Å²) < 4.78 is 116. The second-order valence-corrected chi connectivity index (χ2v) is 27.3. The van der Waals surface area contributed by atoms with E-state index in [0.717, 1.165) is 12.1 Å². The van der Waals surface area contributed by atoms with E-state index in [-0.39, 0.29) is 0 Å². The van der Waals surface area contributed by atoms with Crippen molar-refractivity contribution in [1.29, 1.82) is 0 Å². The molecule has 29 heterocycles. The molecule has 1 aromatic carbocycles. The van der Waals surface area contributed by atoms with Crippen molar-refractivity contribution in [2.24, 2.45) is 11.8 Å². The number of aryl methyl sites for hydroxylation is 1. The Morgan fingerprint density at radius 3 is 1.00 bits per heavy atom. The van der Waals surface area contributed by atoms with Crippen LogP contribution in [0.1, 0.15) is 18.4 Å². The van der Waals surface area contributed by atoms with E-state index in [4.69, 9.17) is 70.5 Å². The number of ether oxygens (including phenoxy) is 14. The SMILES string of the molecule is Cc1ccc(S(=O)(=O)OC2C3OC(CO)C(OC4OC(CO)C(OC5OC(CO)C(OC6OC(CO)C(OC7CC(CO)C(OC8OC(CO)C(OC9OC(CO)C(CC%10OC(CO)C(O3)C(O)C%10O)C(O)C9O)C(O)C8O)C(O)C7O)C(O)C6O)C(O)C5O)C(O)C4O)C2O)cc1. The molecule has 0 radical (unpaired) electrons. The molecule has 1 saturated carbocycles. The molecule has 30 aliphatic rings. The van der Waals surface area contributed by atoms with Gasteiger partial charge in [0.2, 0.25) is 0 Å². The van der Waals surface area contributed by atoms with Crippen LogP contribution in [-0.2, 0) is 80.6 Å². The summed E-state index contributed by atoms with van der Waals surface area (Å²) in [7, 11) is -5.04. The van der Waals surface area contributed by atoms with Gasteiger partial charge in [-0.25, -0.2) is 0 Å². The Hall–Kier alpha value is -2.35. The fourth-order valence-corrected chi connectivity index (χ4v) is 15.0. The summed E-state index contributed by atoms with van der Waals surface area (Å²) in [5, 5.41) is 259. The van der Waals surface area contributed by atoms with Crippen LogP contribution < -0.4 is 0 Å². The first-order valence-corrected chi connectivity index (χ1v) is 33.2. The van der Waals surface area contributed by atoms with Gasteiger partial charge in [0.1, 0.15) is 159 Å². The molecule has 0 spiro atoms. The molecule has 1 aliphatic carbocycles. The fraction of sp³-hybridized carbons (Fsp3) is 0.895. The lowest BCUT2D eigenvalue weighted by atomic mass is 9.80. The lowest BCUT2D eigenvalue weighted by Crippen LogP contribution is -2.68. The predicted octanol–water partition coefficient (Wildman–Crippen LogP) is -14.4. The van der Waals surface area contributed by atoms with E-state index in [0.29, 0.717) is 5.56 Å². The molecule has 29 saturated heterocycles. The number of rotatable bonds is 11. The van der Waals surface area contributed by atoms with Crippen molar-refractivity contribution in [3.63, 3.8) is 0 Å². The minimum atomic E-state index is -5.04. The van der Waals surface area contributed by atoms with Crippen LogP contribution >= 0.6 is 0 Å². The maximum atomic E-state index is 14.1. The van der Waals surface area contributed by atoms with Crippen LogP contribution in [0.5, 0.6) is 0 Å². The number of hydrogen-bond acceptors (Lipinski definition) is 40. The summed E-state index contributed by atoms with van der Waals surface area (Å²) in [6.45, 7) is -6.81. The van der Waals surface area contributed by atoms with Gasteiger partial charge in [-0.2, -0.15) is 8.42 Å². The molecule has 40 atom stereocenters. The summed E-state index contributed by atoms with van der Waals surface area (Å²) in [5.41, 5.74) is 0.593. The standard InChI is InChI=1S/C57H90O40S/c1-16-2-4-18(5-3-16)98(81,82)97-51-43(80)50-28(15-65)90-57(51)96-46-23(10-60)83-21(31(68)33(46)70)7-19-22(9-59)85-52(38(75)29(19)66)92-47-25(12-62)87-53(40(77)35(47)72)91-44-17(8-58)6-20(30(67)32(44)69)84-45-24(11-61)86-54(39(76)34(45)71)93-48-26(13-63)88-55(41(78)36(48)73)94-49-27(14-64)89-56(95-50)42(79)37(49)74/h2-5,17,19-80H,6-15H2,1H3. The molecule has 41 heteroatoms. The smallest absolute Gasteiger partial charge is 0.297 e. The topological polar surface area (TPSA) is 638 Å². The molecule has 31 rings (SSSR count). The Bertz CT molecular complexity index is 2760. The summed E-state index contributed by atoms with van der Waals surface area (Å²) in [6.07, 6.45) is -78.4. The third-order valence-corrected chi connectivity index (χ3v) is 20.8. The molecule has 30 fully saturated rings. The van der Waals surface area contributed by atoms with Crippen LogP contribution in [0.2, 0.25) is 0 Å². The third kappa shape index (κ3) is 15.6. The first-order chi connectivity index (χ1) is 46.6. The second-order valence-electron chi connectivity index (χ2n) is 25.8. The molecule has 40 nitrogen and oxygen atoms in total. The van der Waals surface area contributed by atoms with Crippen molar-refractivity contribution >= 4 is 10.1 Å². The van der Waals surface area contributed by atoms with Gasteiger partial charge in [-0.15, -0.1) is 0 Å². The molecular weight excluding hydrogens is 1360 g/mol. The van der Waals surface area contributed by atoms with Gasteiger partial charge >= 0.3 is 0 Å². The van der Waals surface area contributed by atoms with Crippen molar-refractivity contribution in [3.05, 3.63) is 29.8 Å². The Morgan fingerprint density at radius 1 is 0.316 bits per heavy atom. The number of aliphatic hydroxyl groups is 23. The van der Waals surface area contributed by atoms with E-state index in [1.165, 1.54) is 12.1 Å². The van der Waals surface area contributed by atoms with Crippen molar-refractivity contribution in [2.75, 3.05) is 52.9 Å². The van der Waals surface area contributed by atoms with Crippen LogP contribution in [0.4, 0.5) is 0 Å². The molecule has 40 unspecified atom stereocenters. The minimum Gasteiger partial charge on any atom is -0.396 e. The van der Waals surface area contributed by atoms with E-state index >= 15 is 0 Å². The highest BCUT2D eigenvalue weighted by Crippen LogP contribution is 2.42. The average molecular weight is 1450 g/mol. The van der Waals surface area contributed by atoms with Gasteiger partial charge in [-0.1, -0.05) is 17.7 Å². The molecule has 29 aliphatic heterocycles. The second kappa shape index (κ2) is 33.0. The maximum absolute atomic E-state index is 14.1. The predicted molar refractivity (Wildman–Crippen MR) is 305 cm³/mol.